The summed E-state index contributed by atoms with van der Waals surface area (Å²) >= 11 is 11.0. The number of benzene rings is 2. The van der Waals surface area contributed by atoms with Gasteiger partial charge in [0.25, 0.3) is 5.91 Å². The van der Waals surface area contributed by atoms with Crippen molar-refractivity contribution in [1.29, 1.82) is 0 Å². The minimum absolute atomic E-state index is 0.0155. The maximum atomic E-state index is 12.3. The largest absolute Gasteiger partial charge is 0.506 e. The first-order valence-electron chi connectivity index (χ1n) is 8.12. The highest BCUT2D eigenvalue weighted by molar-refractivity contribution is 7.80. The van der Waals surface area contributed by atoms with Crippen molar-refractivity contribution in [3.8, 4) is 17.1 Å². The van der Waals surface area contributed by atoms with E-state index in [1.165, 1.54) is 17.7 Å². The van der Waals surface area contributed by atoms with Gasteiger partial charge < -0.3 is 14.8 Å². The van der Waals surface area contributed by atoms with Gasteiger partial charge in [0.1, 0.15) is 11.5 Å². The van der Waals surface area contributed by atoms with Gasteiger partial charge in [0, 0.05) is 10.6 Å². The van der Waals surface area contributed by atoms with Gasteiger partial charge in [-0.05, 0) is 73.6 Å². The molecule has 7 heteroatoms. The maximum absolute atomic E-state index is 12.3. The summed E-state index contributed by atoms with van der Waals surface area (Å²) in [6.45, 7) is 4.05. The van der Waals surface area contributed by atoms with Gasteiger partial charge in [-0.2, -0.15) is 0 Å². The Balaban J connectivity index is 1.69. The van der Waals surface area contributed by atoms with Crippen LogP contribution in [-0.2, 0) is 0 Å². The first kappa shape index (κ1) is 18.9. The number of hydrogen-bond donors (Lipinski definition) is 3. The van der Waals surface area contributed by atoms with E-state index in [-0.39, 0.29) is 16.6 Å². The Morgan fingerprint density at radius 3 is 2.59 bits per heavy atom. The summed E-state index contributed by atoms with van der Waals surface area (Å²) < 4.78 is 5.65. The second-order valence-electron chi connectivity index (χ2n) is 6.03. The smallest absolute Gasteiger partial charge is 0.293 e. The van der Waals surface area contributed by atoms with Crippen molar-refractivity contribution in [2.45, 2.75) is 13.8 Å². The standard InChI is InChI=1S/C20H17ClN2O3S/c1-11-3-4-13(9-12(11)2)17-7-8-18(26-17)19(25)23-20(27)22-15-10-14(21)5-6-16(15)24/h3-10,24H,1-2H3,(H2,22,23,25,27). The second-order valence-corrected chi connectivity index (χ2v) is 6.88. The Hall–Kier alpha value is -2.83. The summed E-state index contributed by atoms with van der Waals surface area (Å²) in [5, 5.41) is 15.5. The topological polar surface area (TPSA) is 74.5 Å². The molecule has 0 aliphatic carbocycles. The molecule has 0 saturated carbocycles. The molecule has 1 heterocycles. The van der Waals surface area contributed by atoms with Crippen molar-refractivity contribution in [2.24, 2.45) is 0 Å². The Morgan fingerprint density at radius 2 is 1.85 bits per heavy atom. The summed E-state index contributed by atoms with van der Waals surface area (Å²) in [6, 6.07) is 13.7. The number of anilines is 1. The molecule has 0 bridgehead atoms. The van der Waals surface area contributed by atoms with Crippen LogP contribution in [0.2, 0.25) is 5.02 Å². The molecule has 1 aromatic heterocycles. The van der Waals surface area contributed by atoms with Crippen LogP contribution in [0.3, 0.4) is 0 Å². The van der Waals surface area contributed by atoms with Gasteiger partial charge in [-0.3, -0.25) is 10.1 Å². The van der Waals surface area contributed by atoms with E-state index in [0.29, 0.717) is 16.5 Å². The number of rotatable bonds is 3. The molecular weight excluding hydrogens is 384 g/mol. The number of phenols is 1. The van der Waals surface area contributed by atoms with Crippen LogP contribution < -0.4 is 10.6 Å². The van der Waals surface area contributed by atoms with Gasteiger partial charge in [0.05, 0.1) is 5.69 Å². The fourth-order valence-corrected chi connectivity index (χ4v) is 2.81. The predicted molar refractivity (Wildman–Crippen MR) is 110 cm³/mol. The van der Waals surface area contributed by atoms with Crippen LogP contribution >= 0.6 is 23.8 Å². The first-order valence-corrected chi connectivity index (χ1v) is 8.90. The number of hydrogen-bond acceptors (Lipinski definition) is 4. The highest BCUT2D eigenvalue weighted by Crippen LogP contribution is 2.27. The Morgan fingerprint density at radius 1 is 1.07 bits per heavy atom. The summed E-state index contributed by atoms with van der Waals surface area (Å²) in [5.74, 6) is 0.187. The van der Waals surface area contributed by atoms with Gasteiger partial charge in [-0.1, -0.05) is 23.7 Å². The number of thiocarbonyl (C=S) groups is 1. The number of aromatic hydroxyl groups is 1. The van der Waals surface area contributed by atoms with Crippen molar-refractivity contribution in [2.75, 3.05) is 5.32 Å². The number of carbonyl (C=O) groups excluding carboxylic acids is 1. The van der Waals surface area contributed by atoms with E-state index in [4.69, 9.17) is 28.2 Å². The summed E-state index contributed by atoms with van der Waals surface area (Å²) in [4.78, 5) is 12.3. The lowest BCUT2D eigenvalue weighted by atomic mass is 10.1. The molecule has 2 aromatic carbocycles. The van der Waals surface area contributed by atoms with E-state index in [1.807, 2.05) is 32.0 Å². The van der Waals surface area contributed by atoms with Crippen LogP contribution in [0, 0.1) is 13.8 Å². The highest BCUT2D eigenvalue weighted by Gasteiger charge is 2.15. The summed E-state index contributed by atoms with van der Waals surface area (Å²) in [7, 11) is 0. The van der Waals surface area contributed by atoms with E-state index >= 15 is 0 Å². The molecular formula is C20H17ClN2O3S. The second kappa shape index (κ2) is 7.82. The lowest BCUT2D eigenvalue weighted by Crippen LogP contribution is -2.33. The third-order valence-corrected chi connectivity index (χ3v) is 4.49. The van der Waals surface area contributed by atoms with E-state index < -0.39 is 5.91 Å². The fourth-order valence-electron chi connectivity index (χ4n) is 2.44. The Kier molecular flexibility index (Phi) is 5.48. The molecule has 3 N–H and O–H groups in total. The number of amides is 1. The normalized spacial score (nSPS) is 10.5. The molecule has 0 fully saturated rings. The number of phenolic OH excluding ortho intramolecular Hbond substituents is 1. The van der Waals surface area contributed by atoms with Gasteiger partial charge in [-0.25, -0.2) is 0 Å². The number of furan rings is 1. The third-order valence-electron chi connectivity index (χ3n) is 4.06. The molecule has 0 radical (unpaired) electrons. The molecule has 0 aliphatic rings. The summed E-state index contributed by atoms with van der Waals surface area (Å²) in [5.41, 5.74) is 3.51. The molecule has 1 amide bonds. The SMILES string of the molecule is Cc1ccc(-c2ccc(C(=O)NC(=S)Nc3cc(Cl)ccc3O)o2)cc1C. The van der Waals surface area contributed by atoms with Crippen LogP contribution in [0.25, 0.3) is 11.3 Å². The molecule has 27 heavy (non-hydrogen) atoms. The zero-order valence-electron chi connectivity index (χ0n) is 14.7. The maximum Gasteiger partial charge on any atom is 0.293 e. The van der Waals surface area contributed by atoms with Crippen molar-refractivity contribution >= 4 is 40.5 Å². The molecule has 0 unspecified atom stereocenters. The Bertz CT molecular complexity index is 1030. The average molecular weight is 401 g/mol. The molecule has 5 nitrogen and oxygen atoms in total. The van der Waals surface area contributed by atoms with Gasteiger partial charge >= 0.3 is 0 Å². The van der Waals surface area contributed by atoms with Crippen LogP contribution in [0.5, 0.6) is 5.75 Å². The number of carbonyl (C=O) groups is 1. The predicted octanol–water partition coefficient (Wildman–Crippen LogP) is 5.05. The van der Waals surface area contributed by atoms with Crippen molar-refractivity contribution in [3.05, 3.63) is 70.4 Å². The van der Waals surface area contributed by atoms with Crippen LogP contribution in [0.15, 0.2) is 52.9 Å². The molecule has 3 aromatic rings. The van der Waals surface area contributed by atoms with Gasteiger partial charge in [0.15, 0.2) is 10.9 Å². The lowest BCUT2D eigenvalue weighted by molar-refractivity contribution is 0.0951. The first-order chi connectivity index (χ1) is 12.8. The minimum atomic E-state index is -0.496. The van der Waals surface area contributed by atoms with Crippen molar-refractivity contribution in [1.82, 2.24) is 5.32 Å². The number of halogens is 1. The molecule has 0 saturated heterocycles. The molecule has 138 valence electrons. The quantitative estimate of drug-likeness (QED) is 0.423. The van der Waals surface area contributed by atoms with E-state index in [1.54, 1.807) is 18.2 Å². The van der Waals surface area contributed by atoms with Gasteiger partial charge in [0.2, 0.25) is 0 Å². The van der Waals surface area contributed by atoms with Crippen LogP contribution in [0.1, 0.15) is 21.7 Å². The molecule has 3 rings (SSSR count). The van der Waals surface area contributed by atoms with Crippen molar-refractivity contribution in [3.63, 3.8) is 0 Å². The number of nitrogens with one attached hydrogen (secondary N) is 2. The minimum Gasteiger partial charge on any atom is -0.506 e. The Labute approximate surface area is 167 Å². The van der Waals surface area contributed by atoms with Crippen molar-refractivity contribution < 1.29 is 14.3 Å². The molecule has 0 spiro atoms. The lowest BCUT2D eigenvalue weighted by Gasteiger charge is -2.10. The third kappa shape index (κ3) is 4.48. The van der Waals surface area contributed by atoms with E-state index in [0.717, 1.165) is 11.1 Å². The molecule has 0 atom stereocenters. The molecule has 0 aliphatic heterocycles. The number of aryl methyl sites for hydroxylation is 2. The van der Waals surface area contributed by atoms with Crippen LogP contribution in [0.4, 0.5) is 5.69 Å². The van der Waals surface area contributed by atoms with Crippen LogP contribution in [-0.4, -0.2) is 16.1 Å². The zero-order valence-corrected chi connectivity index (χ0v) is 16.2. The van der Waals surface area contributed by atoms with E-state index in [2.05, 4.69) is 10.6 Å². The fraction of sp³-hybridized carbons (Fsp3) is 0.100. The zero-order chi connectivity index (χ0) is 19.6. The summed E-state index contributed by atoms with van der Waals surface area (Å²) in [6.07, 6.45) is 0. The highest BCUT2D eigenvalue weighted by atomic mass is 35.5. The van der Waals surface area contributed by atoms with Gasteiger partial charge in [-0.15, -0.1) is 0 Å². The monoisotopic (exact) mass is 400 g/mol. The van der Waals surface area contributed by atoms with E-state index in [9.17, 15) is 9.90 Å². The average Bonchev–Trinajstić information content (AvgIpc) is 3.11.